The SMILES string of the molecule is COC(=O)C[C@@H](C)NC(=O)CCCOc1ccccc1Cl. The summed E-state index contributed by atoms with van der Waals surface area (Å²) >= 11 is 5.95. The number of benzene rings is 1. The molecular weight excluding hydrogens is 294 g/mol. The summed E-state index contributed by atoms with van der Waals surface area (Å²) in [6, 6.07) is 6.95. The van der Waals surface area contributed by atoms with Gasteiger partial charge in [-0.1, -0.05) is 23.7 Å². The number of carbonyl (C=O) groups excluding carboxylic acids is 2. The van der Waals surface area contributed by atoms with Crippen LogP contribution in [0.1, 0.15) is 26.2 Å². The molecule has 1 amide bonds. The number of nitrogens with one attached hydrogen (secondary N) is 1. The lowest BCUT2D eigenvalue weighted by Crippen LogP contribution is -2.34. The Morgan fingerprint density at radius 2 is 2.05 bits per heavy atom. The molecule has 0 saturated heterocycles. The summed E-state index contributed by atoms with van der Waals surface area (Å²) < 4.78 is 10.0. The molecule has 1 rings (SSSR count). The van der Waals surface area contributed by atoms with Crippen molar-refractivity contribution in [3.05, 3.63) is 29.3 Å². The van der Waals surface area contributed by atoms with Crippen LogP contribution in [0.25, 0.3) is 0 Å². The Morgan fingerprint density at radius 1 is 1.33 bits per heavy atom. The fraction of sp³-hybridized carbons (Fsp3) is 0.467. The molecule has 0 spiro atoms. The molecule has 1 N–H and O–H groups in total. The van der Waals surface area contributed by atoms with Crippen LogP contribution in [0.2, 0.25) is 5.02 Å². The number of rotatable bonds is 8. The van der Waals surface area contributed by atoms with Gasteiger partial charge in [0.2, 0.25) is 5.91 Å². The zero-order valence-corrected chi connectivity index (χ0v) is 13.0. The van der Waals surface area contributed by atoms with Gasteiger partial charge in [-0.15, -0.1) is 0 Å². The predicted octanol–water partition coefficient (Wildman–Crippen LogP) is 2.57. The first-order valence-corrected chi connectivity index (χ1v) is 7.14. The molecule has 6 heteroatoms. The Hall–Kier alpha value is -1.75. The first-order valence-electron chi connectivity index (χ1n) is 6.76. The van der Waals surface area contributed by atoms with Gasteiger partial charge < -0.3 is 14.8 Å². The fourth-order valence-electron chi connectivity index (χ4n) is 1.71. The maximum Gasteiger partial charge on any atom is 0.307 e. The van der Waals surface area contributed by atoms with Gasteiger partial charge in [0.25, 0.3) is 0 Å². The second-order valence-corrected chi connectivity index (χ2v) is 5.04. The number of esters is 1. The standard InChI is InChI=1S/C15H20ClNO4/c1-11(10-15(19)20-2)17-14(18)8-5-9-21-13-7-4-3-6-12(13)16/h3-4,6-7,11H,5,8-10H2,1-2H3,(H,17,18)/t11-/m1/s1. The van der Waals surface area contributed by atoms with Crippen LogP contribution in [0.4, 0.5) is 0 Å². The summed E-state index contributed by atoms with van der Waals surface area (Å²) in [5, 5.41) is 3.28. The Balaban J connectivity index is 2.19. The minimum Gasteiger partial charge on any atom is -0.492 e. The first-order chi connectivity index (χ1) is 10.0. The van der Waals surface area contributed by atoms with Crippen molar-refractivity contribution in [2.45, 2.75) is 32.2 Å². The molecule has 0 saturated carbocycles. The third-order valence-electron chi connectivity index (χ3n) is 2.75. The number of methoxy groups -OCH3 is 1. The van der Waals surface area contributed by atoms with Crippen LogP contribution in [0.15, 0.2) is 24.3 Å². The van der Waals surface area contributed by atoms with E-state index in [1.807, 2.05) is 12.1 Å². The van der Waals surface area contributed by atoms with Crippen LogP contribution in [0, 0.1) is 0 Å². The molecule has 0 aliphatic heterocycles. The van der Waals surface area contributed by atoms with Gasteiger partial charge in [0.05, 0.1) is 25.2 Å². The molecule has 1 aromatic carbocycles. The average molecular weight is 314 g/mol. The maximum absolute atomic E-state index is 11.7. The normalized spacial score (nSPS) is 11.6. The van der Waals surface area contributed by atoms with Crippen molar-refractivity contribution >= 4 is 23.5 Å². The lowest BCUT2D eigenvalue weighted by molar-refractivity contribution is -0.141. The van der Waals surface area contributed by atoms with Gasteiger partial charge in [-0.25, -0.2) is 0 Å². The number of amides is 1. The largest absolute Gasteiger partial charge is 0.492 e. The molecule has 0 aliphatic rings. The summed E-state index contributed by atoms with van der Waals surface area (Å²) in [4.78, 5) is 22.7. The van der Waals surface area contributed by atoms with E-state index in [1.165, 1.54) is 7.11 Å². The molecule has 0 bridgehead atoms. The molecule has 5 nitrogen and oxygen atoms in total. The monoisotopic (exact) mass is 313 g/mol. The first kappa shape index (κ1) is 17.3. The van der Waals surface area contributed by atoms with E-state index in [-0.39, 0.29) is 24.3 Å². The highest BCUT2D eigenvalue weighted by Gasteiger charge is 2.11. The molecule has 0 heterocycles. The Bertz CT molecular complexity index is 478. The van der Waals surface area contributed by atoms with Crippen LogP contribution in [0.5, 0.6) is 5.75 Å². The van der Waals surface area contributed by atoms with Gasteiger partial charge in [-0.3, -0.25) is 9.59 Å². The summed E-state index contributed by atoms with van der Waals surface area (Å²) in [5.41, 5.74) is 0. The maximum atomic E-state index is 11.7. The van der Waals surface area contributed by atoms with E-state index >= 15 is 0 Å². The van der Waals surface area contributed by atoms with Crippen LogP contribution < -0.4 is 10.1 Å². The third kappa shape index (κ3) is 6.99. The minimum atomic E-state index is -0.343. The van der Waals surface area contributed by atoms with Crippen molar-refractivity contribution in [2.24, 2.45) is 0 Å². The molecule has 1 atom stereocenters. The van der Waals surface area contributed by atoms with Gasteiger partial charge in [-0.05, 0) is 25.5 Å². The number of halogens is 1. The van der Waals surface area contributed by atoms with Crippen LogP contribution in [-0.4, -0.2) is 31.6 Å². The lowest BCUT2D eigenvalue weighted by Gasteiger charge is -2.12. The van der Waals surface area contributed by atoms with E-state index in [1.54, 1.807) is 19.1 Å². The molecular formula is C15H20ClNO4. The molecule has 1 aromatic rings. The lowest BCUT2D eigenvalue weighted by atomic mass is 10.2. The van der Waals surface area contributed by atoms with Crippen LogP contribution in [-0.2, 0) is 14.3 Å². The summed E-state index contributed by atoms with van der Waals surface area (Å²) in [5.74, 6) is 0.151. The Morgan fingerprint density at radius 3 is 2.71 bits per heavy atom. The summed E-state index contributed by atoms with van der Waals surface area (Å²) in [7, 11) is 1.32. The van der Waals surface area contributed by atoms with E-state index in [2.05, 4.69) is 10.1 Å². The van der Waals surface area contributed by atoms with Crippen LogP contribution in [0.3, 0.4) is 0 Å². The molecule has 0 aromatic heterocycles. The molecule has 116 valence electrons. The topological polar surface area (TPSA) is 64.6 Å². The van der Waals surface area contributed by atoms with Gasteiger partial charge >= 0.3 is 5.97 Å². The summed E-state index contributed by atoms with van der Waals surface area (Å²) in [6.45, 7) is 2.16. The van der Waals surface area contributed by atoms with E-state index in [9.17, 15) is 9.59 Å². The number of ether oxygens (including phenoxy) is 2. The van der Waals surface area contributed by atoms with Crippen molar-refractivity contribution in [3.63, 3.8) is 0 Å². The zero-order chi connectivity index (χ0) is 15.7. The van der Waals surface area contributed by atoms with Gasteiger partial charge in [0.15, 0.2) is 0 Å². The van der Waals surface area contributed by atoms with Crippen molar-refractivity contribution in [3.8, 4) is 5.75 Å². The molecule has 0 aliphatic carbocycles. The number of hydrogen-bond acceptors (Lipinski definition) is 4. The van der Waals surface area contributed by atoms with Crippen molar-refractivity contribution < 1.29 is 19.1 Å². The fourth-order valence-corrected chi connectivity index (χ4v) is 1.90. The van der Waals surface area contributed by atoms with Crippen molar-refractivity contribution in [1.82, 2.24) is 5.32 Å². The molecule has 0 unspecified atom stereocenters. The highest BCUT2D eigenvalue weighted by Crippen LogP contribution is 2.23. The average Bonchev–Trinajstić information content (AvgIpc) is 2.45. The second kappa shape index (κ2) is 9.23. The third-order valence-corrected chi connectivity index (χ3v) is 3.06. The number of para-hydroxylation sites is 1. The van der Waals surface area contributed by atoms with Gasteiger partial charge in [-0.2, -0.15) is 0 Å². The molecule has 0 radical (unpaired) electrons. The number of hydrogen-bond donors (Lipinski definition) is 1. The number of carbonyl (C=O) groups is 2. The van der Waals surface area contributed by atoms with E-state index in [4.69, 9.17) is 16.3 Å². The molecule has 0 fully saturated rings. The van der Waals surface area contributed by atoms with E-state index in [0.717, 1.165) is 0 Å². The van der Waals surface area contributed by atoms with Crippen LogP contribution >= 0.6 is 11.6 Å². The van der Waals surface area contributed by atoms with Crippen molar-refractivity contribution in [2.75, 3.05) is 13.7 Å². The Kier molecular flexibility index (Phi) is 7.61. The van der Waals surface area contributed by atoms with E-state index in [0.29, 0.717) is 30.2 Å². The minimum absolute atomic E-state index is 0.117. The Labute approximate surface area is 129 Å². The smallest absolute Gasteiger partial charge is 0.307 e. The predicted molar refractivity (Wildman–Crippen MR) is 80.4 cm³/mol. The van der Waals surface area contributed by atoms with Crippen molar-refractivity contribution in [1.29, 1.82) is 0 Å². The van der Waals surface area contributed by atoms with E-state index < -0.39 is 0 Å². The highest BCUT2D eigenvalue weighted by molar-refractivity contribution is 6.32. The van der Waals surface area contributed by atoms with Gasteiger partial charge in [0.1, 0.15) is 5.75 Å². The van der Waals surface area contributed by atoms with Gasteiger partial charge in [0, 0.05) is 12.5 Å². The highest BCUT2D eigenvalue weighted by atomic mass is 35.5. The summed E-state index contributed by atoms with van der Waals surface area (Å²) in [6.07, 6.45) is 1.07. The zero-order valence-electron chi connectivity index (χ0n) is 12.2. The quantitative estimate of drug-likeness (QED) is 0.592. The molecule has 21 heavy (non-hydrogen) atoms. The second-order valence-electron chi connectivity index (χ2n) is 4.63.